The summed E-state index contributed by atoms with van der Waals surface area (Å²) in [6.45, 7) is 5.27. The smallest absolute Gasteiger partial charge is 0.258 e. The molecule has 0 saturated heterocycles. The summed E-state index contributed by atoms with van der Waals surface area (Å²) in [6.07, 6.45) is 0. The van der Waals surface area contributed by atoms with Crippen LogP contribution >= 0.6 is 11.6 Å². The van der Waals surface area contributed by atoms with Crippen LogP contribution in [0.3, 0.4) is 0 Å². The predicted octanol–water partition coefficient (Wildman–Crippen LogP) is 3.20. The Balaban J connectivity index is 1.49. The molecule has 162 valence electrons. The van der Waals surface area contributed by atoms with Crippen molar-refractivity contribution >= 4 is 34.1 Å². The van der Waals surface area contributed by atoms with Crippen molar-refractivity contribution in [3.63, 3.8) is 0 Å². The molecule has 9 heteroatoms. The van der Waals surface area contributed by atoms with Gasteiger partial charge in [-0.1, -0.05) is 23.7 Å². The van der Waals surface area contributed by atoms with Crippen LogP contribution < -0.4 is 20.3 Å². The zero-order valence-electron chi connectivity index (χ0n) is 17.3. The maximum atomic E-state index is 12.7. The topological polar surface area (TPSA) is 96.6 Å². The van der Waals surface area contributed by atoms with E-state index in [0.29, 0.717) is 58.7 Å². The Hall–Kier alpha value is -3.10. The fourth-order valence-electron chi connectivity index (χ4n) is 3.36. The third-order valence-corrected chi connectivity index (χ3v) is 5.31. The molecular formula is C22H23ClN4O4. The predicted molar refractivity (Wildman–Crippen MR) is 119 cm³/mol. The summed E-state index contributed by atoms with van der Waals surface area (Å²) in [5, 5.41) is 3.74. The molecule has 0 spiro atoms. The lowest BCUT2D eigenvalue weighted by atomic mass is 10.2. The molecule has 1 aliphatic heterocycles. The summed E-state index contributed by atoms with van der Waals surface area (Å²) in [4.78, 5) is 34.3. The quantitative estimate of drug-likeness (QED) is 0.608. The van der Waals surface area contributed by atoms with Crippen LogP contribution in [0.25, 0.3) is 10.9 Å². The van der Waals surface area contributed by atoms with Crippen molar-refractivity contribution in [3.05, 3.63) is 57.6 Å². The third kappa shape index (κ3) is 4.81. The number of hydrogen-bond acceptors (Lipinski definition) is 6. The van der Waals surface area contributed by atoms with Gasteiger partial charge in [0.1, 0.15) is 19.0 Å². The molecule has 1 amide bonds. The third-order valence-electron chi connectivity index (χ3n) is 5.00. The molecule has 2 heterocycles. The van der Waals surface area contributed by atoms with E-state index in [4.69, 9.17) is 21.1 Å². The molecule has 31 heavy (non-hydrogen) atoms. The fourth-order valence-corrected chi connectivity index (χ4v) is 3.56. The molecular weight excluding hydrogens is 420 g/mol. The van der Waals surface area contributed by atoms with Gasteiger partial charge in [-0.2, -0.15) is 0 Å². The SMILES string of the molecule is CC(C)N(CC(=O)Nc1cc2c(cc1Cl)OCCO2)Cc1nc2ccccc2c(=O)[nH]1. The molecule has 0 atom stereocenters. The zero-order chi connectivity index (χ0) is 22.0. The molecule has 0 unspecified atom stereocenters. The number of aromatic amines is 1. The lowest BCUT2D eigenvalue weighted by Gasteiger charge is -2.25. The monoisotopic (exact) mass is 442 g/mol. The largest absolute Gasteiger partial charge is 0.486 e. The number of anilines is 1. The van der Waals surface area contributed by atoms with E-state index in [9.17, 15) is 9.59 Å². The standard InChI is InChI=1S/C22H23ClN4O4/c1-13(2)27(11-20-24-16-6-4-3-5-14(16)22(29)26-20)12-21(28)25-17-10-19-18(9-15(17)23)30-7-8-31-19/h3-6,9-10,13H,7-8,11-12H2,1-2H3,(H,25,28)(H,24,26,29). The highest BCUT2D eigenvalue weighted by Gasteiger charge is 2.19. The van der Waals surface area contributed by atoms with Crippen LogP contribution in [0.4, 0.5) is 5.69 Å². The average molecular weight is 443 g/mol. The summed E-state index contributed by atoms with van der Waals surface area (Å²) in [5.41, 5.74) is 0.881. The van der Waals surface area contributed by atoms with Gasteiger partial charge in [0.25, 0.3) is 5.56 Å². The van der Waals surface area contributed by atoms with E-state index in [1.54, 1.807) is 30.3 Å². The number of ether oxygens (including phenoxy) is 2. The van der Waals surface area contributed by atoms with E-state index in [-0.39, 0.29) is 24.1 Å². The van der Waals surface area contributed by atoms with E-state index in [0.717, 1.165) is 0 Å². The van der Waals surface area contributed by atoms with Crippen LogP contribution in [0.5, 0.6) is 11.5 Å². The molecule has 2 aromatic carbocycles. The van der Waals surface area contributed by atoms with Gasteiger partial charge in [0.05, 0.1) is 34.7 Å². The van der Waals surface area contributed by atoms with Crippen LogP contribution in [-0.4, -0.2) is 46.6 Å². The Labute approximate surface area is 184 Å². The van der Waals surface area contributed by atoms with E-state index in [2.05, 4.69) is 15.3 Å². The molecule has 0 bridgehead atoms. The number of carbonyl (C=O) groups excluding carboxylic acids is 1. The lowest BCUT2D eigenvalue weighted by molar-refractivity contribution is -0.117. The highest BCUT2D eigenvalue weighted by Crippen LogP contribution is 2.37. The summed E-state index contributed by atoms with van der Waals surface area (Å²) >= 11 is 6.29. The van der Waals surface area contributed by atoms with Crippen molar-refractivity contribution in [2.75, 3.05) is 25.1 Å². The minimum Gasteiger partial charge on any atom is -0.486 e. The highest BCUT2D eigenvalue weighted by atomic mass is 35.5. The van der Waals surface area contributed by atoms with Gasteiger partial charge in [-0.05, 0) is 26.0 Å². The number of H-pyrrole nitrogens is 1. The molecule has 0 fully saturated rings. The van der Waals surface area contributed by atoms with Gasteiger partial charge in [-0.25, -0.2) is 4.98 Å². The van der Waals surface area contributed by atoms with Crippen LogP contribution in [0, 0.1) is 0 Å². The van der Waals surface area contributed by atoms with Crippen LogP contribution in [0.15, 0.2) is 41.2 Å². The number of carbonyl (C=O) groups is 1. The molecule has 3 aromatic rings. The number of halogens is 1. The van der Waals surface area contributed by atoms with Crippen LogP contribution in [0.2, 0.25) is 5.02 Å². The summed E-state index contributed by atoms with van der Waals surface area (Å²) in [6, 6.07) is 10.5. The number of para-hydroxylation sites is 1. The zero-order valence-corrected chi connectivity index (χ0v) is 18.0. The number of fused-ring (bicyclic) bond motifs is 2. The van der Waals surface area contributed by atoms with Crippen molar-refractivity contribution in [2.24, 2.45) is 0 Å². The molecule has 8 nitrogen and oxygen atoms in total. The number of nitrogens with one attached hydrogen (secondary N) is 2. The normalized spacial score (nSPS) is 13.1. The number of nitrogens with zero attached hydrogens (tertiary/aromatic N) is 2. The Morgan fingerprint density at radius 2 is 1.94 bits per heavy atom. The minimum atomic E-state index is -0.240. The molecule has 0 aliphatic carbocycles. The van der Waals surface area contributed by atoms with Gasteiger partial charge in [0.2, 0.25) is 5.91 Å². The summed E-state index contributed by atoms with van der Waals surface area (Å²) in [5.74, 6) is 1.37. The second-order valence-corrected chi connectivity index (χ2v) is 7.96. The number of benzene rings is 2. The maximum Gasteiger partial charge on any atom is 0.258 e. The van der Waals surface area contributed by atoms with Crippen molar-refractivity contribution in [3.8, 4) is 11.5 Å². The number of amides is 1. The molecule has 0 saturated carbocycles. The Morgan fingerprint density at radius 1 is 1.23 bits per heavy atom. The van der Waals surface area contributed by atoms with E-state index >= 15 is 0 Å². The molecule has 0 radical (unpaired) electrons. The Kier molecular flexibility index (Phi) is 6.11. The van der Waals surface area contributed by atoms with Crippen molar-refractivity contribution in [1.29, 1.82) is 0 Å². The summed E-state index contributed by atoms with van der Waals surface area (Å²) in [7, 11) is 0. The molecule has 2 N–H and O–H groups in total. The van der Waals surface area contributed by atoms with E-state index in [1.807, 2.05) is 24.8 Å². The number of rotatable bonds is 6. The van der Waals surface area contributed by atoms with Crippen molar-refractivity contribution in [2.45, 2.75) is 26.4 Å². The lowest BCUT2D eigenvalue weighted by Crippen LogP contribution is -2.38. The van der Waals surface area contributed by atoms with Crippen LogP contribution in [0.1, 0.15) is 19.7 Å². The van der Waals surface area contributed by atoms with Gasteiger partial charge in [-0.3, -0.25) is 14.5 Å². The second kappa shape index (κ2) is 8.95. The first kappa shape index (κ1) is 21.1. The van der Waals surface area contributed by atoms with Gasteiger partial charge < -0.3 is 19.8 Å². The second-order valence-electron chi connectivity index (χ2n) is 7.55. The minimum absolute atomic E-state index is 0.0401. The highest BCUT2D eigenvalue weighted by molar-refractivity contribution is 6.34. The number of hydrogen-bond donors (Lipinski definition) is 2. The van der Waals surface area contributed by atoms with Gasteiger partial charge in [-0.15, -0.1) is 0 Å². The van der Waals surface area contributed by atoms with Gasteiger partial charge >= 0.3 is 0 Å². The van der Waals surface area contributed by atoms with Crippen molar-refractivity contribution < 1.29 is 14.3 Å². The Bertz CT molecular complexity index is 1180. The number of aromatic nitrogens is 2. The van der Waals surface area contributed by atoms with Crippen molar-refractivity contribution in [1.82, 2.24) is 14.9 Å². The van der Waals surface area contributed by atoms with Gasteiger partial charge in [0, 0.05) is 18.2 Å². The first-order chi connectivity index (χ1) is 14.9. The van der Waals surface area contributed by atoms with E-state index < -0.39 is 0 Å². The van der Waals surface area contributed by atoms with E-state index in [1.165, 1.54) is 0 Å². The average Bonchev–Trinajstić information content (AvgIpc) is 2.74. The van der Waals surface area contributed by atoms with Crippen LogP contribution in [-0.2, 0) is 11.3 Å². The Morgan fingerprint density at radius 3 is 2.68 bits per heavy atom. The first-order valence-electron chi connectivity index (χ1n) is 10.0. The maximum absolute atomic E-state index is 12.7. The fraction of sp³-hybridized carbons (Fsp3) is 0.318. The summed E-state index contributed by atoms with van der Waals surface area (Å²) < 4.78 is 11.1. The molecule has 1 aromatic heterocycles. The van der Waals surface area contributed by atoms with Gasteiger partial charge in [0.15, 0.2) is 11.5 Å². The first-order valence-corrected chi connectivity index (χ1v) is 10.4. The molecule has 4 rings (SSSR count). The molecule has 1 aliphatic rings.